The fourth-order valence-corrected chi connectivity index (χ4v) is 3.99. The lowest BCUT2D eigenvalue weighted by Crippen LogP contribution is -2.46. The Morgan fingerprint density at radius 1 is 1.12 bits per heavy atom. The van der Waals surface area contributed by atoms with Crippen molar-refractivity contribution >= 4 is 16.9 Å². The molecule has 0 aliphatic carbocycles. The first kappa shape index (κ1) is 24.4. The van der Waals surface area contributed by atoms with Crippen molar-refractivity contribution in [3.05, 3.63) is 41.1 Å². The van der Waals surface area contributed by atoms with Gasteiger partial charge in [-0.05, 0) is 31.9 Å². The summed E-state index contributed by atoms with van der Waals surface area (Å²) >= 11 is 0. The van der Waals surface area contributed by atoms with E-state index in [1.54, 1.807) is 6.92 Å². The highest BCUT2D eigenvalue weighted by Gasteiger charge is 2.27. The minimum atomic E-state index is -4.27. The average Bonchev–Trinajstić information content (AvgIpc) is 2.74. The van der Waals surface area contributed by atoms with Gasteiger partial charge in [0, 0.05) is 51.3 Å². The summed E-state index contributed by atoms with van der Waals surface area (Å²) in [5.41, 5.74) is 2.98. The first-order chi connectivity index (χ1) is 15.3. The van der Waals surface area contributed by atoms with Crippen LogP contribution in [0.15, 0.2) is 24.3 Å². The minimum absolute atomic E-state index is 0.100. The number of benzene rings is 1. The Balaban J connectivity index is 1.59. The van der Waals surface area contributed by atoms with E-state index in [2.05, 4.69) is 14.5 Å². The van der Waals surface area contributed by atoms with Crippen molar-refractivity contribution in [3.63, 3.8) is 0 Å². The summed E-state index contributed by atoms with van der Waals surface area (Å²) in [6.07, 6.45) is -3.71. The lowest BCUT2D eigenvalue weighted by Gasteiger charge is -2.34. The van der Waals surface area contributed by atoms with Crippen molar-refractivity contribution < 1.29 is 27.4 Å². The summed E-state index contributed by atoms with van der Waals surface area (Å²) in [4.78, 5) is 21.9. The number of halogens is 3. The number of piperazine rings is 1. The number of carbonyl (C=O) groups is 1. The Morgan fingerprint density at radius 2 is 1.81 bits per heavy atom. The monoisotopic (exact) mass is 453 g/mol. The molecule has 0 radical (unpaired) electrons. The maximum Gasteiger partial charge on any atom is 0.411 e. The van der Waals surface area contributed by atoms with Crippen LogP contribution in [0.5, 0.6) is 0 Å². The van der Waals surface area contributed by atoms with Crippen LogP contribution in [0, 0.1) is 6.92 Å². The van der Waals surface area contributed by atoms with E-state index < -0.39 is 12.8 Å². The van der Waals surface area contributed by atoms with Gasteiger partial charge in [0.05, 0.1) is 23.4 Å². The lowest BCUT2D eigenvalue weighted by molar-refractivity contribution is -0.174. The summed E-state index contributed by atoms with van der Waals surface area (Å²) in [5.74, 6) is -0.351. The molecule has 0 spiro atoms. The molecule has 0 atom stereocenters. The number of aryl methyl sites for hydroxylation is 1. The molecule has 2 aromatic rings. The molecule has 176 valence electrons. The van der Waals surface area contributed by atoms with E-state index in [0.29, 0.717) is 37.4 Å². The minimum Gasteiger partial charge on any atom is -0.462 e. The highest BCUT2D eigenvalue weighted by molar-refractivity contribution is 5.98. The van der Waals surface area contributed by atoms with E-state index in [1.165, 1.54) is 0 Å². The molecule has 9 heteroatoms. The van der Waals surface area contributed by atoms with Crippen LogP contribution in [0.4, 0.5) is 13.2 Å². The van der Waals surface area contributed by atoms with Crippen LogP contribution in [0.25, 0.3) is 10.9 Å². The Kier molecular flexibility index (Phi) is 8.44. The summed E-state index contributed by atoms with van der Waals surface area (Å²) in [5, 5.41) is 0.942. The van der Waals surface area contributed by atoms with Crippen molar-refractivity contribution in [2.45, 2.75) is 33.0 Å². The van der Waals surface area contributed by atoms with Crippen molar-refractivity contribution in [1.29, 1.82) is 0 Å². The van der Waals surface area contributed by atoms with E-state index >= 15 is 0 Å². The van der Waals surface area contributed by atoms with E-state index in [-0.39, 0.29) is 12.6 Å². The summed E-state index contributed by atoms with van der Waals surface area (Å²) in [6, 6.07) is 7.76. The van der Waals surface area contributed by atoms with Gasteiger partial charge in [-0.1, -0.05) is 18.2 Å². The number of nitrogens with zero attached hydrogens (tertiary/aromatic N) is 3. The quantitative estimate of drug-likeness (QED) is 0.425. The van der Waals surface area contributed by atoms with Crippen molar-refractivity contribution in [1.82, 2.24) is 14.8 Å². The van der Waals surface area contributed by atoms with Gasteiger partial charge in [-0.25, -0.2) is 4.79 Å². The Bertz CT molecular complexity index is 912. The maximum atomic E-state index is 12.7. The van der Waals surface area contributed by atoms with Gasteiger partial charge in [0.1, 0.15) is 6.61 Å². The van der Waals surface area contributed by atoms with E-state index in [0.717, 1.165) is 42.6 Å². The molecule has 0 bridgehead atoms. The van der Waals surface area contributed by atoms with E-state index in [1.807, 2.05) is 31.2 Å². The van der Waals surface area contributed by atoms with Gasteiger partial charge in [-0.3, -0.25) is 9.88 Å². The predicted octanol–water partition coefficient (Wildman–Crippen LogP) is 3.81. The van der Waals surface area contributed by atoms with Crippen LogP contribution in [0.1, 0.15) is 35.0 Å². The number of para-hydroxylation sites is 1. The standard InChI is InChI=1S/C23H30F3N3O3/c1-3-32-22(30)21-17(2)18-7-4-5-8-19(18)27-20(21)15-29-12-10-28(11-13-29)9-6-14-31-16-23(24,25)26/h4-5,7-8H,3,6,9-16H2,1-2H3. The molecule has 1 aliphatic heterocycles. The Labute approximate surface area is 186 Å². The fourth-order valence-electron chi connectivity index (χ4n) is 3.99. The third kappa shape index (κ3) is 6.63. The number of carbonyl (C=O) groups excluding carboxylic acids is 1. The summed E-state index contributed by atoms with van der Waals surface area (Å²) in [6.45, 7) is 7.36. The highest BCUT2D eigenvalue weighted by atomic mass is 19.4. The molecule has 1 fully saturated rings. The number of alkyl halides is 3. The van der Waals surface area contributed by atoms with Gasteiger partial charge in [-0.15, -0.1) is 0 Å². The largest absolute Gasteiger partial charge is 0.462 e. The molecular formula is C23H30F3N3O3. The van der Waals surface area contributed by atoms with Crippen LogP contribution < -0.4 is 0 Å². The molecule has 32 heavy (non-hydrogen) atoms. The average molecular weight is 454 g/mol. The molecule has 1 saturated heterocycles. The number of esters is 1. The zero-order valence-corrected chi connectivity index (χ0v) is 18.6. The summed E-state index contributed by atoms with van der Waals surface area (Å²) in [7, 11) is 0. The van der Waals surface area contributed by atoms with Crippen LogP contribution in [-0.4, -0.2) is 79.5 Å². The molecule has 6 nitrogen and oxygen atoms in total. The van der Waals surface area contributed by atoms with Gasteiger partial charge in [0.2, 0.25) is 0 Å². The molecule has 0 saturated carbocycles. The molecule has 0 unspecified atom stereocenters. The predicted molar refractivity (Wildman–Crippen MR) is 116 cm³/mol. The van der Waals surface area contributed by atoms with Crippen molar-refractivity contribution in [3.8, 4) is 0 Å². The molecule has 1 aromatic heterocycles. The highest BCUT2D eigenvalue weighted by Crippen LogP contribution is 2.25. The topological polar surface area (TPSA) is 54.9 Å². The second-order valence-corrected chi connectivity index (χ2v) is 7.94. The SMILES string of the molecule is CCOC(=O)c1c(CN2CCN(CCCOCC(F)(F)F)CC2)nc2ccccc2c1C. The smallest absolute Gasteiger partial charge is 0.411 e. The van der Waals surface area contributed by atoms with Gasteiger partial charge < -0.3 is 14.4 Å². The van der Waals surface area contributed by atoms with E-state index in [9.17, 15) is 18.0 Å². The van der Waals surface area contributed by atoms with Gasteiger partial charge >= 0.3 is 12.1 Å². The number of ether oxygens (including phenoxy) is 2. The number of hydrogen-bond acceptors (Lipinski definition) is 6. The third-order valence-electron chi connectivity index (χ3n) is 5.57. The molecule has 1 aliphatic rings. The first-order valence-corrected chi connectivity index (χ1v) is 10.9. The number of aromatic nitrogens is 1. The zero-order valence-electron chi connectivity index (χ0n) is 18.6. The Morgan fingerprint density at radius 3 is 2.50 bits per heavy atom. The van der Waals surface area contributed by atoms with E-state index in [4.69, 9.17) is 9.72 Å². The molecule has 3 rings (SSSR count). The first-order valence-electron chi connectivity index (χ1n) is 10.9. The van der Waals surface area contributed by atoms with Crippen molar-refractivity contribution in [2.75, 3.05) is 52.5 Å². The van der Waals surface area contributed by atoms with Crippen LogP contribution >= 0.6 is 0 Å². The normalized spacial score (nSPS) is 15.9. The number of pyridine rings is 1. The van der Waals surface area contributed by atoms with Crippen LogP contribution in [-0.2, 0) is 16.0 Å². The number of hydrogen-bond donors (Lipinski definition) is 0. The third-order valence-corrected chi connectivity index (χ3v) is 5.57. The maximum absolute atomic E-state index is 12.7. The molecule has 0 N–H and O–H groups in total. The number of rotatable bonds is 9. The van der Waals surface area contributed by atoms with Gasteiger partial charge in [-0.2, -0.15) is 13.2 Å². The van der Waals surface area contributed by atoms with Gasteiger partial charge in [0.25, 0.3) is 0 Å². The molecule has 1 aromatic carbocycles. The number of fused-ring (bicyclic) bond motifs is 1. The second-order valence-electron chi connectivity index (χ2n) is 7.94. The zero-order chi connectivity index (χ0) is 23.1. The molecule has 0 amide bonds. The second kappa shape index (κ2) is 11.1. The summed E-state index contributed by atoms with van der Waals surface area (Å²) < 4.78 is 46.3. The Hall–Kier alpha value is -2.23. The van der Waals surface area contributed by atoms with Crippen LogP contribution in [0.2, 0.25) is 0 Å². The lowest BCUT2D eigenvalue weighted by atomic mass is 10.0. The van der Waals surface area contributed by atoms with Gasteiger partial charge in [0.15, 0.2) is 0 Å². The van der Waals surface area contributed by atoms with Crippen LogP contribution in [0.3, 0.4) is 0 Å². The molecule has 2 heterocycles. The molecular weight excluding hydrogens is 423 g/mol. The van der Waals surface area contributed by atoms with Crippen molar-refractivity contribution in [2.24, 2.45) is 0 Å². The fraction of sp³-hybridized carbons (Fsp3) is 0.565.